The van der Waals surface area contributed by atoms with Crippen molar-refractivity contribution in [3.8, 4) is 6.07 Å². The van der Waals surface area contributed by atoms with E-state index >= 15 is 0 Å². The summed E-state index contributed by atoms with van der Waals surface area (Å²) in [5.41, 5.74) is -0.847. The lowest BCUT2D eigenvalue weighted by molar-refractivity contribution is 0.0706. The van der Waals surface area contributed by atoms with E-state index in [0.29, 0.717) is 26.1 Å². The van der Waals surface area contributed by atoms with Crippen molar-refractivity contribution in [1.29, 1.82) is 5.26 Å². The first-order valence-electron chi connectivity index (χ1n) is 3.41. The third kappa shape index (κ3) is 1.64. The number of nitriles is 1. The maximum Gasteiger partial charge on any atom is 0.236 e. The van der Waals surface area contributed by atoms with Crippen molar-refractivity contribution in [3.05, 3.63) is 0 Å². The fourth-order valence-electron chi connectivity index (χ4n) is 1.05. The van der Waals surface area contributed by atoms with Crippen LogP contribution < -0.4 is 0 Å². The molecule has 0 aromatic rings. The highest BCUT2D eigenvalue weighted by Crippen LogP contribution is 2.23. The minimum absolute atomic E-state index is 0.499. The SMILES string of the molecule is N#CC1(N=C=O)CCOCC1. The molecule has 0 unspecified atom stereocenters. The van der Waals surface area contributed by atoms with Crippen LogP contribution in [0.1, 0.15) is 12.8 Å². The highest BCUT2D eigenvalue weighted by molar-refractivity contribution is 5.37. The number of hydrogen-bond donors (Lipinski definition) is 0. The zero-order valence-electron chi connectivity index (χ0n) is 6.04. The summed E-state index contributed by atoms with van der Waals surface area (Å²) in [6, 6.07) is 2.01. The molecule has 4 nitrogen and oxygen atoms in total. The van der Waals surface area contributed by atoms with Crippen molar-refractivity contribution >= 4 is 6.08 Å². The van der Waals surface area contributed by atoms with Crippen LogP contribution in [0.5, 0.6) is 0 Å². The summed E-state index contributed by atoms with van der Waals surface area (Å²) in [6.45, 7) is 0.998. The van der Waals surface area contributed by atoms with Gasteiger partial charge in [0.15, 0.2) is 5.54 Å². The van der Waals surface area contributed by atoms with Crippen LogP contribution >= 0.6 is 0 Å². The first-order valence-corrected chi connectivity index (χ1v) is 3.41. The largest absolute Gasteiger partial charge is 0.381 e. The lowest BCUT2D eigenvalue weighted by atomic mass is 9.93. The Morgan fingerprint density at radius 3 is 2.55 bits per heavy atom. The Hall–Kier alpha value is -1.17. The monoisotopic (exact) mass is 152 g/mol. The fourth-order valence-corrected chi connectivity index (χ4v) is 1.05. The molecule has 11 heavy (non-hydrogen) atoms. The molecule has 1 fully saturated rings. The van der Waals surface area contributed by atoms with Crippen LogP contribution in [0, 0.1) is 11.3 Å². The second-order valence-electron chi connectivity index (χ2n) is 2.46. The Labute approximate surface area is 64.5 Å². The molecule has 0 radical (unpaired) electrons. The predicted octanol–water partition coefficient (Wildman–Crippen LogP) is 0.395. The highest BCUT2D eigenvalue weighted by atomic mass is 16.5. The Bertz CT molecular complexity index is 219. The van der Waals surface area contributed by atoms with Crippen LogP contribution in [-0.2, 0) is 9.53 Å². The maximum atomic E-state index is 9.95. The molecule has 1 heterocycles. The second kappa shape index (κ2) is 3.29. The van der Waals surface area contributed by atoms with Crippen molar-refractivity contribution in [1.82, 2.24) is 0 Å². The third-order valence-electron chi connectivity index (χ3n) is 1.79. The quantitative estimate of drug-likeness (QED) is 0.403. The number of aliphatic imine (C=N–C) groups is 1. The van der Waals surface area contributed by atoms with E-state index in [2.05, 4.69) is 4.99 Å². The second-order valence-corrected chi connectivity index (χ2v) is 2.46. The molecule has 58 valence electrons. The van der Waals surface area contributed by atoms with Crippen LogP contribution in [0.3, 0.4) is 0 Å². The van der Waals surface area contributed by atoms with Gasteiger partial charge in [-0.3, -0.25) is 0 Å². The Balaban J connectivity index is 2.74. The van der Waals surface area contributed by atoms with Crippen molar-refractivity contribution in [2.24, 2.45) is 4.99 Å². The Morgan fingerprint density at radius 1 is 1.45 bits per heavy atom. The number of hydrogen-bond acceptors (Lipinski definition) is 4. The number of isocyanates is 1. The average molecular weight is 152 g/mol. The number of nitrogens with zero attached hydrogens (tertiary/aromatic N) is 2. The lowest BCUT2D eigenvalue weighted by Gasteiger charge is -2.24. The molecule has 0 aromatic heterocycles. The fraction of sp³-hybridized carbons (Fsp3) is 0.714. The van der Waals surface area contributed by atoms with Gasteiger partial charge in [0.05, 0.1) is 6.07 Å². The van der Waals surface area contributed by atoms with Crippen molar-refractivity contribution in [2.45, 2.75) is 18.4 Å². The summed E-state index contributed by atoms with van der Waals surface area (Å²) < 4.78 is 5.03. The molecule has 4 heteroatoms. The summed E-state index contributed by atoms with van der Waals surface area (Å²) in [5, 5.41) is 8.69. The topological polar surface area (TPSA) is 62.5 Å². The first-order chi connectivity index (χ1) is 5.33. The van der Waals surface area contributed by atoms with Gasteiger partial charge < -0.3 is 4.74 Å². The van der Waals surface area contributed by atoms with E-state index in [1.54, 1.807) is 0 Å². The van der Waals surface area contributed by atoms with E-state index in [4.69, 9.17) is 10.00 Å². The van der Waals surface area contributed by atoms with Crippen LogP contribution in [0.15, 0.2) is 4.99 Å². The molecule has 0 N–H and O–H groups in total. The van der Waals surface area contributed by atoms with Gasteiger partial charge in [0.1, 0.15) is 0 Å². The van der Waals surface area contributed by atoms with E-state index < -0.39 is 5.54 Å². The Kier molecular flexibility index (Phi) is 2.37. The molecular weight excluding hydrogens is 144 g/mol. The van der Waals surface area contributed by atoms with Crippen molar-refractivity contribution < 1.29 is 9.53 Å². The zero-order chi connectivity index (χ0) is 8.16. The molecule has 0 amide bonds. The van der Waals surface area contributed by atoms with E-state index in [-0.39, 0.29) is 0 Å². The highest BCUT2D eigenvalue weighted by Gasteiger charge is 2.32. The van der Waals surface area contributed by atoms with Crippen molar-refractivity contribution in [3.63, 3.8) is 0 Å². The standard InChI is InChI=1S/C7H8N2O2/c8-5-7(9-6-10)1-3-11-4-2-7/h1-4H2. The van der Waals surface area contributed by atoms with Gasteiger partial charge in [-0.15, -0.1) is 0 Å². The van der Waals surface area contributed by atoms with Gasteiger partial charge in [-0.2, -0.15) is 10.3 Å². The van der Waals surface area contributed by atoms with Gasteiger partial charge in [-0.05, 0) is 0 Å². The molecule has 1 rings (SSSR count). The maximum absolute atomic E-state index is 9.95. The van der Waals surface area contributed by atoms with Crippen LogP contribution in [0.25, 0.3) is 0 Å². The van der Waals surface area contributed by atoms with Crippen molar-refractivity contribution in [2.75, 3.05) is 13.2 Å². The van der Waals surface area contributed by atoms with Gasteiger partial charge >= 0.3 is 0 Å². The average Bonchev–Trinajstić information content (AvgIpc) is 2.07. The van der Waals surface area contributed by atoms with Gasteiger partial charge in [0.25, 0.3) is 0 Å². The normalized spacial score (nSPS) is 21.4. The van der Waals surface area contributed by atoms with Gasteiger partial charge in [0, 0.05) is 26.1 Å². The molecule has 1 saturated heterocycles. The molecule has 1 aliphatic rings. The van der Waals surface area contributed by atoms with E-state index in [0.717, 1.165) is 0 Å². The molecular formula is C7H8N2O2. The van der Waals surface area contributed by atoms with Gasteiger partial charge in [0.2, 0.25) is 6.08 Å². The smallest absolute Gasteiger partial charge is 0.236 e. The molecule has 0 aliphatic carbocycles. The molecule has 0 aromatic carbocycles. The summed E-state index contributed by atoms with van der Waals surface area (Å²) >= 11 is 0. The molecule has 0 spiro atoms. The molecule has 1 aliphatic heterocycles. The number of ether oxygens (including phenoxy) is 1. The summed E-state index contributed by atoms with van der Waals surface area (Å²) in [5.74, 6) is 0. The summed E-state index contributed by atoms with van der Waals surface area (Å²) in [4.78, 5) is 13.4. The first kappa shape index (κ1) is 7.93. The molecule has 0 atom stereocenters. The van der Waals surface area contributed by atoms with E-state index in [9.17, 15) is 4.79 Å². The number of rotatable bonds is 1. The summed E-state index contributed by atoms with van der Waals surface area (Å²) in [6.07, 6.45) is 2.42. The third-order valence-corrected chi connectivity index (χ3v) is 1.79. The van der Waals surface area contributed by atoms with Crippen LogP contribution in [0.4, 0.5) is 0 Å². The minimum Gasteiger partial charge on any atom is -0.381 e. The predicted molar refractivity (Wildman–Crippen MR) is 36.5 cm³/mol. The van der Waals surface area contributed by atoms with Gasteiger partial charge in [-0.1, -0.05) is 0 Å². The van der Waals surface area contributed by atoms with Crippen LogP contribution in [0.2, 0.25) is 0 Å². The van der Waals surface area contributed by atoms with E-state index in [1.165, 1.54) is 6.08 Å². The summed E-state index contributed by atoms with van der Waals surface area (Å²) in [7, 11) is 0. The zero-order valence-corrected chi connectivity index (χ0v) is 6.04. The minimum atomic E-state index is -0.847. The lowest BCUT2D eigenvalue weighted by Crippen LogP contribution is -2.32. The molecule has 0 bridgehead atoms. The van der Waals surface area contributed by atoms with E-state index in [1.807, 2.05) is 6.07 Å². The Morgan fingerprint density at radius 2 is 2.09 bits per heavy atom. The van der Waals surface area contributed by atoms with Crippen LogP contribution in [-0.4, -0.2) is 24.8 Å². The van der Waals surface area contributed by atoms with Gasteiger partial charge in [-0.25, -0.2) is 4.79 Å². The number of carbonyl (C=O) groups excluding carboxylic acids is 1. The molecule has 0 saturated carbocycles.